The molecule has 0 spiro atoms. The van der Waals surface area contributed by atoms with E-state index in [1.807, 2.05) is 6.92 Å². The van der Waals surface area contributed by atoms with E-state index in [0.29, 0.717) is 25.9 Å². The molecule has 0 rings (SSSR count). The molecule has 175 valence electrons. The maximum absolute atomic E-state index is 12.1. The Labute approximate surface area is 187 Å². The van der Waals surface area contributed by atoms with Gasteiger partial charge in [0.1, 0.15) is 11.9 Å². The molecular formula is C23H45O5Si2. The van der Waals surface area contributed by atoms with Crippen molar-refractivity contribution in [2.45, 2.75) is 110 Å². The predicted molar refractivity (Wildman–Crippen MR) is 129 cm³/mol. The summed E-state index contributed by atoms with van der Waals surface area (Å²) >= 11 is 0. The first kappa shape index (κ1) is 29.5. The highest BCUT2D eigenvalue weighted by Crippen LogP contribution is 2.38. The summed E-state index contributed by atoms with van der Waals surface area (Å²) in [5.74, 6) is 0.000356. The largest absolute Gasteiger partial charge is 0.464 e. The second kappa shape index (κ2) is 11.9. The summed E-state index contributed by atoms with van der Waals surface area (Å²) in [6.45, 7) is 24.8. The fourth-order valence-corrected chi connectivity index (χ4v) is 4.80. The molecule has 0 aliphatic heterocycles. The minimum absolute atomic E-state index is 0.000356. The lowest BCUT2D eigenvalue weighted by molar-refractivity contribution is -0.133. The van der Waals surface area contributed by atoms with Gasteiger partial charge in [-0.25, -0.2) is 0 Å². The van der Waals surface area contributed by atoms with Crippen LogP contribution in [0, 0.1) is 19.3 Å². The minimum atomic E-state index is -1.89. The number of ketones is 1. The first-order valence-electron chi connectivity index (χ1n) is 10.9. The molecule has 2 atom stereocenters. The van der Waals surface area contributed by atoms with Crippen molar-refractivity contribution in [3.63, 3.8) is 0 Å². The molecule has 0 fully saturated rings. The number of rotatable bonds is 14. The second-order valence-electron chi connectivity index (χ2n) is 11.1. The molecule has 0 bridgehead atoms. The van der Waals surface area contributed by atoms with E-state index in [0.717, 1.165) is 0 Å². The van der Waals surface area contributed by atoms with Crippen molar-refractivity contribution in [3.8, 4) is 0 Å². The molecule has 3 radical (unpaired) electrons. The molecule has 0 aliphatic carbocycles. The van der Waals surface area contributed by atoms with Gasteiger partial charge in [0.25, 0.3) is 6.47 Å². The normalized spacial score (nSPS) is 15.6. The van der Waals surface area contributed by atoms with Gasteiger partial charge in [0.15, 0.2) is 16.6 Å². The van der Waals surface area contributed by atoms with E-state index >= 15 is 0 Å². The highest BCUT2D eigenvalue weighted by atomic mass is 28.4. The molecule has 0 heterocycles. The van der Waals surface area contributed by atoms with E-state index < -0.39 is 22.7 Å². The molecule has 7 heteroatoms. The molecule has 0 saturated heterocycles. The topological polar surface area (TPSA) is 61.8 Å². The van der Waals surface area contributed by atoms with E-state index in [1.165, 1.54) is 6.42 Å². The van der Waals surface area contributed by atoms with Crippen LogP contribution in [0.1, 0.15) is 61.3 Å². The lowest BCUT2D eigenvalue weighted by Crippen LogP contribution is -2.44. The molecule has 30 heavy (non-hydrogen) atoms. The highest BCUT2D eigenvalue weighted by Gasteiger charge is 2.39. The summed E-state index contributed by atoms with van der Waals surface area (Å²) < 4.78 is 17.6. The Morgan fingerprint density at radius 3 is 1.97 bits per heavy atom. The Hall–Kier alpha value is -0.506. The number of carbonyl (C=O) groups is 2. The molecule has 0 aliphatic rings. The van der Waals surface area contributed by atoms with Gasteiger partial charge in [-0.2, -0.15) is 0 Å². The molecule has 0 saturated carbocycles. The zero-order valence-corrected chi connectivity index (χ0v) is 23.1. The smallest absolute Gasteiger partial charge is 0.293 e. The quantitative estimate of drug-likeness (QED) is 0.239. The third-order valence-corrected chi connectivity index (χ3v) is 15.5. The van der Waals surface area contributed by atoms with Crippen molar-refractivity contribution in [2.24, 2.45) is 0 Å². The van der Waals surface area contributed by atoms with Crippen LogP contribution in [0.4, 0.5) is 0 Å². The predicted octanol–water partition coefficient (Wildman–Crippen LogP) is 5.92. The number of hydrogen-bond donors (Lipinski definition) is 0. The van der Waals surface area contributed by atoms with Gasteiger partial charge in [-0.3, -0.25) is 9.59 Å². The van der Waals surface area contributed by atoms with E-state index in [-0.39, 0.29) is 22.0 Å². The molecule has 0 amide bonds. The van der Waals surface area contributed by atoms with Crippen LogP contribution in [0.5, 0.6) is 0 Å². The third kappa shape index (κ3) is 10.7. The van der Waals surface area contributed by atoms with Crippen molar-refractivity contribution < 1.29 is 23.2 Å². The fraction of sp³-hybridized carbons (Fsp3) is 0.783. The maximum atomic E-state index is 12.1. The SMILES string of the molecule is C[C@H](C[C@@H]([CH][CH][CH]C(=O)CCO[Si](C)(C)C(C)(C)C)OC=O)O[Si](C)(C)C(C)(C)C. The fourth-order valence-electron chi connectivity index (χ4n) is 2.30. The summed E-state index contributed by atoms with van der Waals surface area (Å²) in [6, 6.07) is 0. The summed E-state index contributed by atoms with van der Waals surface area (Å²) in [6.07, 6.45) is 5.37. The van der Waals surface area contributed by atoms with Gasteiger partial charge in [-0.05, 0) is 49.6 Å². The summed E-state index contributed by atoms with van der Waals surface area (Å²) in [7, 11) is -3.73. The van der Waals surface area contributed by atoms with Crippen molar-refractivity contribution in [3.05, 3.63) is 19.3 Å². The monoisotopic (exact) mass is 457 g/mol. The highest BCUT2D eigenvalue weighted by molar-refractivity contribution is 6.74. The van der Waals surface area contributed by atoms with E-state index in [9.17, 15) is 9.59 Å². The Kier molecular flexibility index (Phi) is 11.7. The van der Waals surface area contributed by atoms with Crippen molar-refractivity contribution in [1.29, 1.82) is 0 Å². The van der Waals surface area contributed by atoms with Crippen LogP contribution in [0.25, 0.3) is 0 Å². The molecule has 0 aromatic heterocycles. The van der Waals surface area contributed by atoms with E-state index in [4.69, 9.17) is 13.6 Å². The number of Topliss-reactive ketones (excluding diaryl/α,β-unsaturated/α-hetero) is 1. The van der Waals surface area contributed by atoms with Crippen LogP contribution in [-0.4, -0.2) is 47.7 Å². The van der Waals surface area contributed by atoms with Gasteiger partial charge in [0, 0.05) is 38.4 Å². The van der Waals surface area contributed by atoms with Crippen LogP contribution in [0.2, 0.25) is 36.3 Å². The van der Waals surface area contributed by atoms with Crippen LogP contribution < -0.4 is 0 Å². The number of carbonyl (C=O) groups excluding carboxylic acids is 2. The van der Waals surface area contributed by atoms with Crippen molar-refractivity contribution in [1.82, 2.24) is 0 Å². The first-order chi connectivity index (χ1) is 13.4. The van der Waals surface area contributed by atoms with Crippen LogP contribution in [0.15, 0.2) is 0 Å². The number of ether oxygens (including phenoxy) is 1. The van der Waals surface area contributed by atoms with Gasteiger partial charge in [0.05, 0.1) is 0 Å². The van der Waals surface area contributed by atoms with Crippen molar-refractivity contribution in [2.75, 3.05) is 6.61 Å². The van der Waals surface area contributed by atoms with Gasteiger partial charge in [-0.15, -0.1) is 0 Å². The lowest BCUT2D eigenvalue weighted by atomic mass is 10.0. The Balaban J connectivity index is 4.42. The molecule has 0 unspecified atom stereocenters. The first-order valence-corrected chi connectivity index (χ1v) is 16.7. The molecule has 0 N–H and O–H groups in total. The third-order valence-electron chi connectivity index (χ3n) is 6.32. The average molecular weight is 458 g/mol. The van der Waals surface area contributed by atoms with E-state index in [2.05, 4.69) is 67.7 Å². The Bertz CT molecular complexity index is 533. The van der Waals surface area contributed by atoms with Gasteiger partial charge >= 0.3 is 0 Å². The summed E-state index contributed by atoms with van der Waals surface area (Å²) in [5.41, 5.74) is 0. The Morgan fingerprint density at radius 2 is 1.50 bits per heavy atom. The standard InChI is InChI=1S/C23H45O5Si2/c1-19(28-30(10,11)23(5,6)7)17-21(26-18-24)14-12-13-20(25)15-16-27-29(8,9)22(2,3)4/h12-14,18-19,21H,15-17H2,1-11H3/t19-,21-/m1/s1. The average Bonchev–Trinajstić information content (AvgIpc) is 2.51. The molecule has 5 nitrogen and oxygen atoms in total. The Morgan fingerprint density at radius 1 is 0.967 bits per heavy atom. The zero-order chi connectivity index (χ0) is 23.8. The maximum Gasteiger partial charge on any atom is 0.293 e. The molecular weight excluding hydrogens is 412 g/mol. The van der Waals surface area contributed by atoms with Gasteiger partial charge in [-0.1, -0.05) is 41.5 Å². The van der Waals surface area contributed by atoms with Crippen LogP contribution >= 0.6 is 0 Å². The lowest BCUT2D eigenvalue weighted by Gasteiger charge is -2.39. The van der Waals surface area contributed by atoms with Gasteiger partial charge < -0.3 is 13.6 Å². The summed E-state index contributed by atoms with van der Waals surface area (Å²) in [5, 5.41) is 0.243. The van der Waals surface area contributed by atoms with Crippen LogP contribution in [0.3, 0.4) is 0 Å². The van der Waals surface area contributed by atoms with E-state index in [1.54, 1.807) is 12.8 Å². The zero-order valence-electron chi connectivity index (χ0n) is 21.1. The van der Waals surface area contributed by atoms with Crippen molar-refractivity contribution >= 4 is 28.9 Å². The molecule has 0 aromatic rings. The minimum Gasteiger partial charge on any atom is -0.464 e. The molecule has 0 aromatic carbocycles. The number of hydrogen-bond acceptors (Lipinski definition) is 5. The van der Waals surface area contributed by atoms with Crippen LogP contribution in [-0.2, 0) is 23.2 Å². The van der Waals surface area contributed by atoms with Gasteiger partial charge in [0.2, 0.25) is 0 Å². The second-order valence-corrected chi connectivity index (χ2v) is 20.6. The summed E-state index contributed by atoms with van der Waals surface area (Å²) in [4.78, 5) is 23.0.